The van der Waals surface area contributed by atoms with Gasteiger partial charge in [0.1, 0.15) is 0 Å². The Labute approximate surface area is 90.5 Å². The molecular weight excluding hydrogens is 192 g/mol. The van der Waals surface area contributed by atoms with Crippen LogP contribution in [-0.4, -0.2) is 31.2 Å². The van der Waals surface area contributed by atoms with Gasteiger partial charge in [-0.15, -0.1) is 0 Å². The molecule has 4 atom stereocenters. The van der Waals surface area contributed by atoms with Crippen LogP contribution in [0.2, 0.25) is 0 Å². The van der Waals surface area contributed by atoms with Crippen molar-refractivity contribution < 1.29 is 9.53 Å². The number of nitrogens with two attached hydrogens (primary N) is 1. The van der Waals surface area contributed by atoms with Crippen molar-refractivity contribution in [1.29, 1.82) is 0 Å². The molecular formula is C11H20N2O2. The summed E-state index contributed by atoms with van der Waals surface area (Å²) in [5.74, 6) is 0.684. The van der Waals surface area contributed by atoms with E-state index in [0.29, 0.717) is 19.3 Å². The summed E-state index contributed by atoms with van der Waals surface area (Å²) in [6.45, 7) is 3.23. The van der Waals surface area contributed by atoms with E-state index in [2.05, 4.69) is 12.2 Å². The smallest absolute Gasteiger partial charge is 0.227 e. The number of ether oxygens (including phenoxy) is 1. The normalized spacial score (nSPS) is 40.7. The predicted molar refractivity (Wildman–Crippen MR) is 57.2 cm³/mol. The maximum absolute atomic E-state index is 11.8. The highest BCUT2D eigenvalue weighted by molar-refractivity contribution is 5.80. The minimum atomic E-state index is -0.138. The average Bonchev–Trinajstić information content (AvgIpc) is 2.75. The van der Waals surface area contributed by atoms with Crippen LogP contribution in [0.5, 0.6) is 0 Å². The number of hydrogen-bond acceptors (Lipinski definition) is 3. The fourth-order valence-corrected chi connectivity index (χ4v) is 2.49. The van der Waals surface area contributed by atoms with E-state index in [1.807, 2.05) is 0 Å². The Morgan fingerprint density at radius 1 is 1.40 bits per heavy atom. The second-order valence-electron chi connectivity index (χ2n) is 4.93. The molecule has 1 saturated carbocycles. The molecule has 0 aromatic carbocycles. The van der Waals surface area contributed by atoms with Crippen LogP contribution >= 0.6 is 0 Å². The van der Waals surface area contributed by atoms with Crippen molar-refractivity contribution >= 4 is 5.91 Å². The highest BCUT2D eigenvalue weighted by Gasteiger charge is 2.33. The predicted octanol–water partition coefficient (Wildman–Crippen LogP) is 0.265. The molecule has 1 heterocycles. The van der Waals surface area contributed by atoms with Crippen molar-refractivity contribution in [3.63, 3.8) is 0 Å². The molecule has 0 aromatic heterocycles. The molecule has 2 aliphatic rings. The number of carbonyl (C=O) groups excluding carboxylic acids is 1. The van der Waals surface area contributed by atoms with E-state index >= 15 is 0 Å². The standard InChI is InChI=1S/C11H20N2O2/c1-7-2-3-8(4-7)13-11(14)9-5-15-6-10(9)12/h7-10H,2-6,12H2,1H3,(H,13,14). The highest BCUT2D eigenvalue weighted by atomic mass is 16.5. The first-order chi connectivity index (χ1) is 7.16. The van der Waals surface area contributed by atoms with E-state index in [4.69, 9.17) is 10.5 Å². The van der Waals surface area contributed by atoms with E-state index in [1.165, 1.54) is 6.42 Å². The van der Waals surface area contributed by atoms with E-state index in [1.54, 1.807) is 0 Å². The lowest BCUT2D eigenvalue weighted by Crippen LogP contribution is -2.44. The van der Waals surface area contributed by atoms with Crippen LogP contribution in [0.15, 0.2) is 0 Å². The Morgan fingerprint density at radius 3 is 2.73 bits per heavy atom. The zero-order valence-electron chi connectivity index (χ0n) is 9.24. The Kier molecular flexibility index (Phi) is 3.26. The first-order valence-electron chi connectivity index (χ1n) is 5.80. The molecule has 0 aromatic rings. The third-order valence-electron chi connectivity index (χ3n) is 3.50. The van der Waals surface area contributed by atoms with Gasteiger partial charge in [0, 0.05) is 12.1 Å². The Morgan fingerprint density at radius 2 is 2.20 bits per heavy atom. The van der Waals surface area contributed by atoms with Gasteiger partial charge in [-0.3, -0.25) is 4.79 Å². The van der Waals surface area contributed by atoms with Crippen LogP contribution in [0.1, 0.15) is 26.2 Å². The molecule has 0 radical (unpaired) electrons. The van der Waals surface area contributed by atoms with E-state index in [0.717, 1.165) is 18.8 Å². The summed E-state index contributed by atoms with van der Waals surface area (Å²) in [5.41, 5.74) is 5.80. The average molecular weight is 212 g/mol. The fraction of sp³-hybridized carbons (Fsp3) is 0.909. The summed E-state index contributed by atoms with van der Waals surface area (Å²) in [4.78, 5) is 11.8. The van der Waals surface area contributed by atoms with Crippen molar-refractivity contribution in [2.75, 3.05) is 13.2 Å². The molecule has 1 amide bonds. The van der Waals surface area contributed by atoms with E-state index in [-0.39, 0.29) is 17.9 Å². The number of rotatable bonds is 2. The van der Waals surface area contributed by atoms with E-state index < -0.39 is 0 Å². The van der Waals surface area contributed by atoms with Gasteiger partial charge in [-0.1, -0.05) is 6.92 Å². The van der Waals surface area contributed by atoms with Gasteiger partial charge < -0.3 is 15.8 Å². The van der Waals surface area contributed by atoms with Crippen LogP contribution in [-0.2, 0) is 9.53 Å². The number of carbonyl (C=O) groups is 1. The highest BCUT2D eigenvalue weighted by Crippen LogP contribution is 2.25. The van der Waals surface area contributed by atoms with Gasteiger partial charge in [-0.2, -0.15) is 0 Å². The molecule has 1 aliphatic carbocycles. The van der Waals surface area contributed by atoms with Gasteiger partial charge in [0.15, 0.2) is 0 Å². The monoisotopic (exact) mass is 212 g/mol. The zero-order valence-corrected chi connectivity index (χ0v) is 9.24. The molecule has 4 unspecified atom stereocenters. The van der Waals surface area contributed by atoms with Crippen molar-refractivity contribution in [3.8, 4) is 0 Å². The summed E-state index contributed by atoms with van der Waals surface area (Å²) in [6.07, 6.45) is 3.43. The van der Waals surface area contributed by atoms with Gasteiger partial charge in [0.2, 0.25) is 5.91 Å². The maximum Gasteiger partial charge on any atom is 0.227 e. The summed E-state index contributed by atoms with van der Waals surface area (Å²) < 4.78 is 5.19. The minimum Gasteiger partial charge on any atom is -0.379 e. The molecule has 4 nitrogen and oxygen atoms in total. The van der Waals surface area contributed by atoms with Gasteiger partial charge in [0.05, 0.1) is 19.1 Å². The molecule has 3 N–H and O–H groups in total. The lowest BCUT2D eigenvalue weighted by atomic mass is 10.0. The van der Waals surface area contributed by atoms with Gasteiger partial charge in [-0.25, -0.2) is 0 Å². The van der Waals surface area contributed by atoms with Crippen molar-refractivity contribution in [2.24, 2.45) is 17.6 Å². The molecule has 86 valence electrons. The first kappa shape index (κ1) is 10.9. The lowest BCUT2D eigenvalue weighted by Gasteiger charge is -2.17. The second kappa shape index (κ2) is 4.49. The number of nitrogens with one attached hydrogen (secondary N) is 1. The molecule has 2 rings (SSSR count). The van der Waals surface area contributed by atoms with Crippen LogP contribution in [0.3, 0.4) is 0 Å². The molecule has 15 heavy (non-hydrogen) atoms. The largest absolute Gasteiger partial charge is 0.379 e. The van der Waals surface area contributed by atoms with Gasteiger partial charge in [0.25, 0.3) is 0 Å². The summed E-state index contributed by atoms with van der Waals surface area (Å²) in [6, 6.07) is 0.240. The minimum absolute atomic E-state index is 0.0825. The number of hydrogen-bond donors (Lipinski definition) is 2. The zero-order chi connectivity index (χ0) is 10.8. The molecule has 2 fully saturated rings. The molecule has 1 saturated heterocycles. The summed E-state index contributed by atoms with van der Waals surface area (Å²) in [7, 11) is 0. The van der Waals surface area contributed by atoms with Crippen LogP contribution in [0.4, 0.5) is 0 Å². The first-order valence-corrected chi connectivity index (χ1v) is 5.80. The van der Waals surface area contributed by atoms with Crippen LogP contribution in [0.25, 0.3) is 0 Å². The fourth-order valence-electron chi connectivity index (χ4n) is 2.49. The Hall–Kier alpha value is -0.610. The lowest BCUT2D eigenvalue weighted by molar-refractivity contribution is -0.125. The summed E-state index contributed by atoms with van der Waals surface area (Å²) >= 11 is 0. The van der Waals surface area contributed by atoms with Gasteiger partial charge >= 0.3 is 0 Å². The second-order valence-corrected chi connectivity index (χ2v) is 4.93. The third kappa shape index (κ3) is 2.49. The van der Waals surface area contributed by atoms with Gasteiger partial charge in [-0.05, 0) is 25.2 Å². The van der Waals surface area contributed by atoms with Crippen LogP contribution in [0, 0.1) is 11.8 Å². The van der Waals surface area contributed by atoms with Crippen molar-refractivity contribution in [3.05, 3.63) is 0 Å². The third-order valence-corrected chi connectivity index (χ3v) is 3.50. The Bertz CT molecular complexity index is 245. The number of amides is 1. The molecule has 0 spiro atoms. The Balaban J connectivity index is 1.81. The van der Waals surface area contributed by atoms with Crippen molar-refractivity contribution in [1.82, 2.24) is 5.32 Å². The quantitative estimate of drug-likeness (QED) is 0.690. The summed E-state index contributed by atoms with van der Waals surface area (Å²) in [5, 5.41) is 3.08. The molecule has 0 bridgehead atoms. The van der Waals surface area contributed by atoms with E-state index in [9.17, 15) is 4.79 Å². The SMILES string of the molecule is CC1CCC(NC(=O)C2COCC2N)C1. The molecule has 4 heteroatoms. The van der Waals surface area contributed by atoms with Crippen molar-refractivity contribution in [2.45, 2.75) is 38.3 Å². The maximum atomic E-state index is 11.8. The topological polar surface area (TPSA) is 64.3 Å². The molecule has 1 aliphatic heterocycles. The van der Waals surface area contributed by atoms with Crippen LogP contribution < -0.4 is 11.1 Å².